The molecule has 3 rings (SSSR count). The first-order valence-corrected chi connectivity index (χ1v) is 7.45. The van der Waals surface area contributed by atoms with Crippen molar-refractivity contribution in [2.45, 2.75) is 6.92 Å². The summed E-state index contributed by atoms with van der Waals surface area (Å²) in [5, 5.41) is 11.8. The molecular formula is C17H19NO4. The Bertz CT molecular complexity index is 692. The maximum atomic E-state index is 11.8. The SMILES string of the molecule is CCOC(=O)c1cc(O)c2cc(N3CCOCC3)ccc2c1. The van der Waals surface area contributed by atoms with Gasteiger partial charge in [0, 0.05) is 24.2 Å². The molecule has 0 bridgehead atoms. The van der Waals surface area contributed by atoms with Gasteiger partial charge in [0.2, 0.25) is 0 Å². The van der Waals surface area contributed by atoms with Gasteiger partial charge in [0.25, 0.3) is 0 Å². The van der Waals surface area contributed by atoms with Crippen LogP contribution < -0.4 is 4.90 Å². The summed E-state index contributed by atoms with van der Waals surface area (Å²) in [6.07, 6.45) is 0. The van der Waals surface area contributed by atoms with Gasteiger partial charge >= 0.3 is 5.97 Å². The quantitative estimate of drug-likeness (QED) is 0.883. The molecule has 116 valence electrons. The molecule has 0 atom stereocenters. The van der Waals surface area contributed by atoms with Crippen molar-refractivity contribution in [2.24, 2.45) is 0 Å². The predicted molar refractivity (Wildman–Crippen MR) is 84.6 cm³/mol. The predicted octanol–water partition coefficient (Wildman–Crippen LogP) is 2.56. The highest BCUT2D eigenvalue weighted by Crippen LogP contribution is 2.31. The second-order valence-corrected chi connectivity index (χ2v) is 5.22. The topological polar surface area (TPSA) is 59.0 Å². The summed E-state index contributed by atoms with van der Waals surface area (Å²) in [6, 6.07) is 9.08. The molecule has 0 amide bonds. The fraction of sp³-hybridized carbons (Fsp3) is 0.353. The van der Waals surface area contributed by atoms with Crippen LogP contribution in [0.5, 0.6) is 5.75 Å². The molecule has 1 fully saturated rings. The van der Waals surface area contributed by atoms with Crippen LogP contribution in [-0.4, -0.2) is 44.0 Å². The number of morpholine rings is 1. The Morgan fingerprint density at radius 1 is 1.27 bits per heavy atom. The average molecular weight is 301 g/mol. The van der Waals surface area contributed by atoms with E-state index in [1.54, 1.807) is 13.0 Å². The van der Waals surface area contributed by atoms with E-state index < -0.39 is 5.97 Å². The number of phenolic OH excluding ortho intramolecular Hbond substituents is 1. The Morgan fingerprint density at radius 3 is 2.77 bits per heavy atom. The van der Waals surface area contributed by atoms with Gasteiger partial charge in [-0.05, 0) is 36.6 Å². The lowest BCUT2D eigenvalue weighted by atomic mass is 10.0. The Morgan fingerprint density at radius 2 is 2.05 bits per heavy atom. The standard InChI is InChI=1S/C17H19NO4/c1-2-22-17(20)13-9-12-3-4-14(11-15(12)16(19)10-13)18-5-7-21-8-6-18/h3-4,9-11,19H,2,5-8H2,1H3. The molecule has 1 saturated heterocycles. The van der Waals surface area contributed by atoms with E-state index in [4.69, 9.17) is 9.47 Å². The highest BCUT2D eigenvalue weighted by molar-refractivity contribution is 5.99. The highest BCUT2D eigenvalue weighted by Gasteiger charge is 2.14. The normalized spacial score (nSPS) is 15.0. The Balaban J connectivity index is 1.97. The Labute approximate surface area is 129 Å². The van der Waals surface area contributed by atoms with Crippen molar-refractivity contribution in [1.29, 1.82) is 0 Å². The van der Waals surface area contributed by atoms with E-state index in [0.717, 1.165) is 29.5 Å². The zero-order valence-electron chi connectivity index (χ0n) is 12.5. The third-order valence-corrected chi connectivity index (χ3v) is 3.80. The molecule has 2 aromatic rings. The zero-order chi connectivity index (χ0) is 15.5. The van der Waals surface area contributed by atoms with Crippen LogP contribution in [0.4, 0.5) is 5.69 Å². The highest BCUT2D eigenvalue weighted by atomic mass is 16.5. The molecule has 0 spiro atoms. The minimum Gasteiger partial charge on any atom is -0.507 e. The largest absolute Gasteiger partial charge is 0.507 e. The summed E-state index contributed by atoms with van der Waals surface area (Å²) in [5.41, 5.74) is 1.42. The molecule has 5 nitrogen and oxygen atoms in total. The first-order chi connectivity index (χ1) is 10.7. The van der Waals surface area contributed by atoms with E-state index in [1.807, 2.05) is 18.2 Å². The van der Waals surface area contributed by atoms with Crippen molar-refractivity contribution in [3.8, 4) is 5.75 Å². The maximum absolute atomic E-state index is 11.8. The second kappa shape index (κ2) is 6.23. The molecule has 2 aromatic carbocycles. The monoisotopic (exact) mass is 301 g/mol. The van der Waals surface area contributed by atoms with Crippen LogP contribution in [-0.2, 0) is 9.47 Å². The molecule has 1 N–H and O–H groups in total. The lowest BCUT2D eigenvalue weighted by molar-refractivity contribution is 0.0526. The van der Waals surface area contributed by atoms with Crippen molar-refractivity contribution in [1.82, 2.24) is 0 Å². The minimum absolute atomic E-state index is 0.0932. The van der Waals surface area contributed by atoms with Gasteiger partial charge in [0.1, 0.15) is 5.75 Å². The molecule has 1 aliphatic rings. The van der Waals surface area contributed by atoms with Crippen LogP contribution in [0.3, 0.4) is 0 Å². The van der Waals surface area contributed by atoms with Crippen LogP contribution in [0.2, 0.25) is 0 Å². The number of esters is 1. The van der Waals surface area contributed by atoms with Crippen LogP contribution in [0.25, 0.3) is 10.8 Å². The molecule has 1 heterocycles. The summed E-state index contributed by atoms with van der Waals surface area (Å²) in [4.78, 5) is 14.0. The van der Waals surface area contributed by atoms with Crippen molar-refractivity contribution >= 4 is 22.4 Å². The number of hydrogen-bond donors (Lipinski definition) is 1. The van der Waals surface area contributed by atoms with Gasteiger partial charge in [-0.2, -0.15) is 0 Å². The van der Waals surface area contributed by atoms with Crippen LogP contribution in [0.1, 0.15) is 17.3 Å². The molecule has 22 heavy (non-hydrogen) atoms. The molecule has 0 saturated carbocycles. The summed E-state index contributed by atoms with van der Waals surface area (Å²) >= 11 is 0. The fourth-order valence-electron chi connectivity index (χ4n) is 2.68. The lowest BCUT2D eigenvalue weighted by Crippen LogP contribution is -2.36. The minimum atomic E-state index is -0.419. The number of carbonyl (C=O) groups is 1. The third kappa shape index (κ3) is 2.85. The molecule has 0 aliphatic carbocycles. The van der Waals surface area contributed by atoms with Gasteiger partial charge in [-0.1, -0.05) is 6.07 Å². The number of rotatable bonds is 3. The molecule has 1 aliphatic heterocycles. The molecule has 0 aromatic heterocycles. The smallest absolute Gasteiger partial charge is 0.338 e. The van der Waals surface area contributed by atoms with E-state index in [1.165, 1.54) is 6.07 Å². The number of anilines is 1. The summed E-state index contributed by atoms with van der Waals surface area (Å²) < 4.78 is 10.3. The van der Waals surface area contributed by atoms with Gasteiger partial charge in [-0.15, -0.1) is 0 Å². The van der Waals surface area contributed by atoms with Crippen molar-refractivity contribution in [3.05, 3.63) is 35.9 Å². The molecular weight excluding hydrogens is 282 g/mol. The number of fused-ring (bicyclic) bond motifs is 1. The number of hydrogen-bond acceptors (Lipinski definition) is 5. The zero-order valence-corrected chi connectivity index (χ0v) is 12.5. The van der Waals surface area contributed by atoms with E-state index in [0.29, 0.717) is 25.4 Å². The average Bonchev–Trinajstić information content (AvgIpc) is 2.55. The number of nitrogens with zero attached hydrogens (tertiary/aromatic N) is 1. The van der Waals surface area contributed by atoms with E-state index in [9.17, 15) is 9.90 Å². The molecule has 5 heteroatoms. The van der Waals surface area contributed by atoms with Gasteiger partial charge < -0.3 is 19.5 Å². The lowest BCUT2D eigenvalue weighted by Gasteiger charge is -2.29. The van der Waals surface area contributed by atoms with Gasteiger partial charge in [0.15, 0.2) is 0 Å². The summed E-state index contributed by atoms with van der Waals surface area (Å²) in [6.45, 7) is 5.18. The van der Waals surface area contributed by atoms with Crippen LogP contribution >= 0.6 is 0 Å². The first-order valence-electron chi connectivity index (χ1n) is 7.45. The molecule has 0 radical (unpaired) electrons. The van der Waals surface area contributed by atoms with Gasteiger partial charge in [0.05, 0.1) is 25.4 Å². The Hall–Kier alpha value is -2.27. The van der Waals surface area contributed by atoms with Crippen LogP contribution in [0, 0.1) is 0 Å². The number of carbonyl (C=O) groups excluding carboxylic acids is 1. The van der Waals surface area contributed by atoms with Gasteiger partial charge in [-0.3, -0.25) is 0 Å². The van der Waals surface area contributed by atoms with Crippen LogP contribution in [0.15, 0.2) is 30.3 Å². The second-order valence-electron chi connectivity index (χ2n) is 5.22. The van der Waals surface area contributed by atoms with E-state index in [2.05, 4.69) is 4.90 Å². The molecule has 0 unspecified atom stereocenters. The number of benzene rings is 2. The van der Waals surface area contributed by atoms with Crippen molar-refractivity contribution in [3.63, 3.8) is 0 Å². The third-order valence-electron chi connectivity index (χ3n) is 3.80. The number of phenols is 1. The fourth-order valence-corrected chi connectivity index (χ4v) is 2.68. The van der Waals surface area contributed by atoms with E-state index >= 15 is 0 Å². The van der Waals surface area contributed by atoms with Crippen molar-refractivity contribution < 1.29 is 19.4 Å². The van der Waals surface area contributed by atoms with E-state index in [-0.39, 0.29) is 5.75 Å². The first kappa shape index (κ1) is 14.7. The summed E-state index contributed by atoms with van der Waals surface area (Å²) in [7, 11) is 0. The summed E-state index contributed by atoms with van der Waals surface area (Å²) in [5.74, 6) is -0.326. The van der Waals surface area contributed by atoms with Crippen molar-refractivity contribution in [2.75, 3.05) is 37.8 Å². The number of aromatic hydroxyl groups is 1. The number of ether oxygens (including phenoxy) is 2. The Kier molecular flexibility index (Phi) is 4.15. The maximum Gasteiger partial charge on any atom is 0.338 e. The van der Waals surface area contributed by atoms with Gasteiger partial charge in [-0.25, -0.2) is 4.79 Å².